The van der Waals surface area contributed by atoms with E-state index >= 15 is 0 Å². The summed E-state index contributed by atoms with van der Waals surface area (Å²) in [5, 5.41) is 0.629. The van der Waals surface area contributed by atoms with Crippen LogP contribution in [0.2, 0.25) is 0 Å². The molecule has 1 aliphatic rings. The van der Waals surface area contributed by atoms with Crippen molar-refractivity contribution in [2.24, 2.45) is 4.99 Å². The van der Waals surface area contributed by atoms with Crippen LogP contribution in [0.3, 0.4) is 0 Å². The molecule has 0 N–H and O–H groups in total. The van der Waals surface area contributed by atoms with Crippen LogP contribution in [0.25, 0.3) is 0 Å². The zero-order valence-corrected chi connectivity index (χ0v) is 12.0. The summed E-state index contributed by atoms with van der Waals surface area (Å²) in [5.74, 6) is -0.434. The average molecular weight is 318 g/mol. The first-order chi connectivity index (χ1) is 9.10. The van der Waals surface area contributed by atoms with E-state index in [9.17, 15) is 9.59 Å². The van der Waals surface area contributed by atoms with Gasteiger partial charge in [-0.15, -0.1) is 0 Å². The van der Waals surface area contributed by atoms with Crippen LogP contribution in [0.15, 0.2) is 52.2 Å². The number of allylic oxidation sites excluding steroid dienone is 4. The van der Waals surface area contributed by atoms with Gasteiger partial charge in [-0.2, -0.15) is 0 Å². The van der Waals surface area contributed by atoms with Crippen LogP contribution in [-0.2, 0) is 0 Å². The monoisotopic (exact) mass is 317 g/mol. The van der Waals surface area contributed by atoms with Crippen LogP contribution >= 0.6 is 15.9 Å². The van der Waals surface area contributed by atoms with Crippen molar-refractivity contribution in [1.82, 2.24) is 0 Å². The Morgan fingerprint density at radius 2 is 1.84 bits per heavy atom. The van der Waals surface area contributed by atoms with Gasteiger partial charge < -0.3 is 0 Å². The van der Waals surface area contributed by atoms with E-state index in [1.165, 1.54) is 0 Å². The number of nitrogens with zero attached hydrogens (tertiary/aromatic N) is 1. The molecule has 0 saturated heterocycles. The van der Waals surface area contributed by atoms with Crippen molar-refractivity contribution in [3.8, 4) is 0 Å². The number of carbonyl (C=O) groups is 2. The van der Waals surface area contributed by atoms with Gasteiger partial charge in [0.05, 0.1) is 5.57 Å². The molecule has 96 valence electrons. The summed E-state index contributed by atoms with van der Waals surface area (Å²) in [6.07, 6.45) is 1.69. The molecule has 0 fully saturated rings. The SMILES string of the molecule is C=NC1=C(/C=C(\C)CBr)C(=O)c2ccccc2C1=O. The number of benzene rings is 1. The number of fused-ring (bicyclic) bond motifs is 1. The topological polar surface area (TPSA) is 46.5 Å². The number of aliphatic imine (C=N–C) groups is 1. The second kappa shape index (κ2) is 5.45. The number of hydrogen-bond donors (Lipinski definition) is 0. The van der Waals surface area contributed by atoms with Gasteiger partial charge in [-0.1, -0.05) is 45.8 Å². The number of ketones is 2. The van der Waals surface area contributed by atoms with Crippen molar-refractivity contribution in [2.75, 3.05) is 5.33 Å². The van der Waals surface area contributed by atoms with Crippen LogP contribution in [0.1, 0.15) is 27.6 Å². The van der Waals surface area contributed by atoms with Crippen molar-refractivity contribution < 1.29 is 9.59 Å². The highest BCUT2D eigenvalue weighted by Crippen LogP contribution is 2.28. The van der Waals surface area contributed by atoms with E-state index in [2.05, 4.69) is 27.6 Å². The quantitative estimate of drug-likeness (QED) is 0.634. The van der Waals surface area contributed by atoms with Crippen molar-refractivity contribution in [1.29, 1.82) is 0 Å². The normalized spacial score (nSPS) is 15.6. The van der Waals surface area contributed by atoms with E-state index < -0.39 is 0 Å². The van der Waals surface area contributed by atoms with Gasteiger partial charge in [0.1, 0.15) is 5.70 Å². The average Bonchev–Trinajstić information content (AvgIpc) is 2.44. The summed E-state index contributed by atoms with van der Waals surface area (Å²) < 4.78 is 0. The molecular weight excluding hydrogens is 306 g/mol. The molecule has 1 aromatic rings. The molecule has 1 aliphatic carbocycles. The predicted octanol–water partition coefficient (Wildman–Crippen LogP) is 3.36. The lowest BCUT2D eigenvalue weighted by Gasteiger charge is -2.16. The van der Waals surface area contributed by atoms with Gasteiger partial charge in [0.2, 0.25) is 5.78 Å². The fourth-order valence-electron chi connectivity index (χ4n) is 1.96. The molecule has 0 atom stereocenters. The lowest BCUT2D eigenvalue weighted by molar-refractivity contribution is 0.0977. The van der Waals surface area contributed by atoms with E-state index in [0.717, 1.165) is 5.57 Å². The maximum atomic E-state index is 12.4. The molecule has 0 amide bonds. The summed E-state index contributed by atoms with van der Waals surface area (Å²) in [6.45, 7) is 5.28. The Kier molecular flexibility index (Phi) is 3.90. The molecule has 0 unspecified atom stereocenters. The lowest BCUT2D eigenvalue weighted by Crippen LogP contribution is -2.20. The molecule has 0 aliphatic heterocycles. The number of hydrogen-bond acceptors (Lipinski definition) is 3. The highest BCUT2D eigenvalue weighted by molar-refractivity contribution is 9.09. The standard InChI is InChI=1S/C15H12BrNO2/c1-9(8-16)7-12-13(17-2)15(19)11-6-4-3-5-10(11)14(12)18/h3-7H,2,8H2,1H3/b9-7+. The van der Waals surface area contributed by atoms with Crippen LogP contribution in [0.4, 0.5) is 0 Å². The Morgan fingerprint density at radius 1 is 1.26 bits per heavy atom. The first-order valence-corrected chi connectivity index (χ1v) is 6.85. The van der Waals surface area contributed by atoms with Crippen molar-refractivity contribution in [3.05, 3.63) is 58.3 Å². The molecule has 0 spiro atoms. The number of rotatable bonds is 3. The molecule has 19 heavy (non-hydrogen) atoms. The third-order valence-electron chi connectivity index (χ3n) is 2.89. The van der Waals surface area contributed by atoms with E-state index in [1.54, 1.807) is 30.3 Å². The zero-order valence-electron chi connectivity index (χ0n) is 10.4. The number of halogens is 1. The number of Topliss-reactive ketones (excluding diaryl/α,β-unsaturated/α-hetero) is 2. The Balaban J connectivity index is 2.67. The van der Waals surface area contributed by atoms with Gasteiger partial charge in [-0.3, -0.25) is 14.6 Å². The van der Waals surface area contributed by atoms with Crippen molar-refractivity contribution in [2.45, 2.75) is 6.92 Å². The molecule has 4 heteroatoms. The molecule has 0 radical (unpaired) electrons. The Morgan fingerprint density at radius 3 is 2.37 bits per heavy atom. The van der Waals surface area contributed by atoms with E-state index in [-0.39, 0.29) is 17.3 Å². The first kappa shape index (κ1) is 13.6. The summed E-state index contributed by atoms with van der Waals surface area (Å²) in [4.78, 5) is 28.5. The number of carbonyl (C=O) groups excluding carboxylic acids is 2. The molecule has 0 saturated carbocycles. The second-order valence-electron chi connectivity index (χ2n) is 4.25. The fourth-order valence-corrected chi connectivity index (χ4v) is 2.12. The minimum Gasteiger partial charge on any atom is -0.288 e. The second-order valence-corrected chi connectivity index (χ2v) is 4.81. The first-order valence-electron chi connectivity index (χ1n) is 5.72. The summed E-state index contributed by atoms with van der Waals surface area (Å²) >= 11 is 3.32. The predicted molar refractivity (Wildman–Crippen MR) is 79.2 cm³/mol. The largest absolute Gasteiger partial charge is 0.288 e. The maximum Gasteiger partial charge on any atom is 0.212 e. The summed E-state index contributed by atoms with van der Waals surface area (Å²) in [6, 6.07) is 6.77. The third kappa shape index (κ3) is 2.36. The van der Waals surface area contributed by atoms with E-state index in [1.807, 2.05) is 6.92 Å². The Bertz CT molecular complexity index is 641. The zero-order chi connectivity index (χ0) is 14.0. The van der Waals surface area contributed by atoms with E-state index in [4.69, 9.17) is 0 Å². The molecule has 0 bridgehead atoms. The van der Waals surface area contributed by atoms with Crippen LogP contribution < -0.4 is 0 Å². The van der Waals surface area contributed by atoms with Gasteiger partial charge in [-0.25, -0.2) is 0 Å². The molecule has 2 rings (SSSR count). The highest BCUT2D eigenvalue weighted by Gasteiger charge is 2.30. The van der Waals surface area contributed by atoms with Gasteiger partial charge in [-0.05, 0) is 19.7 Å². The van der Waals surface area contributed by atoms with E-state index in [0.29, 0.717) is 22.0 Å². The maximum absolute atomic E-state index is 12.4. The fraction of sp³-hybridized carbons (Fsp3) is 0.133. The molecular formula is C15H12BrNO2. The highest BCUT2D eigenvalue weighted by atomic mass is 79.9. The number of alkyl halides is 1. The third-order valence-corrected chi connectivity index (χ3v) is 3.78. The van der Waals surface area contributed by atoms with Gasteiger partial charge in [0.15, 0.2) is 5.78 Å². The molecule has 3 nitrogen and oxygen atoms in total. The van der Waals surface area contributed by atoms with Crippen LogP contribution in [0.5, 0.6) is 0 Å². The minimum atomic E-state index is -0.251. The van der Waals surface area contributed by atoms with Crippen LogP contribution in [0, 0.1) is 0 Å². The smallest absolute Gasteiger partial charge is 0.212 e. The summed E-state index contributed by atoms with van der Waals surface area (Å²) in [7, 11) is 0. The Hall–Kier alpha value is -1.81. The van der Waals surface area contributed by atoms with Crippen molar-refractivity contribution in [3.63, 3.8) is 0 Å². The minimum absolute atomic E-state index is 0.129. The van der Waals surface area contributed by atoms with Crippen LogP contribution in [-0.4, -0.2) is 23.6 Å². The van der Waals surface area contributed by atoms with Gasteiger partial charge >= 0.3 is 0 Å². The lowest BCUT2D eigenvalue weighted by atomic mass is 9.86. The molecule has 0 aromatic heterocycles. The van der Waals surface area contributed by atoms with Crippen molar-refractivity contribution >= 4 is 34.2 Å². The Labute approximate surface area is 119 Å². The molecule has 0 heterocycles. The van der Waals surface area contributed by atoms with Gasteiger partial charge in [0, 0.05) is 16.5 Å². The molecule has 1 aromatic carbocycles. The van der Waals surface area contributed by atoms with Gasteiger partial charge in [0.25, 0.3) is 0 Å². The summed E-state index contributed by atoms with van der Waals surface area (Å²) in [5.41, 5.74) is 2.20.